The van der Waals surface area contributed by atoms with E-state index in [2.05, 4.69) is 5.32 Å². The van der Waals surface area contributed by atoms with Crippen LogP contribution in [0.15, 0.2) is 28.9 Å². The molecule has 2 rings (SSSR count). The van der Waals surface area contributed by atoms with Crippen LogP contribution in [0.25, 0.3) is 0 Å². The van der Waals surface area contributed by atoms with Crippen LogP contribution in [-0.2, 0) is 14.3 Å². The van der Waals surface area contributed by atoms with Crippen molar-refractivity contribution in [2.24, 2.45) is 0 Å². The van der Waals surface area contributed by atoms with E-state index >= 15 is 0 Å². The Bertz CT molecular complexity index is 822. The SMILES string of the molecule is COC[C@@H](C)n1c(C)cc(C(=O)COC(=O)CCNC(=O)c2ccco2)c1C. The molecule has 0 fully saturated rings. The normalized spacial score (nSPS) is 11.9. The maximum atomic E-state index is 12.4. The van der Waals surface area contributed by atoms with Crippen molar-refractivity contribution < 1.29 is 28.3 Å². The molecule has 28 heavy (non-hydrogen) atoms. The number of Topliss-reactive ketones (excluding diaryl/α,β-unsaturated/α-hetero) is 1. The van der Waals surface area contributed by atoms with Crippen LogP contribution in [0.5, 0.6) is 0 Å². The molecule has 8 heteroatoms. The number of esters is 1. The van der Waals surface area contributed by atoms with E-state index < -0.39 is 11.9 Å². The van der Waals surface area contributed by atoms with Crippen LogP contribution in [-0.4, -0.2) is 49.1 Å². The number of aromatic nitrogens is 1. The summed E-state index contributed by atoms with van der Waals surface area (Å²) in [6.45, 7) is 6.07. The first-order valence-electron chi connectivity index (χ1n) is 9.03. The van der Waals surface area contributed by atoms with Gasteiger partial charge in [-0.3, -0.25) is 14.4 Å². The molecule has 0 bridgehead atoms. The molecular formula is C20H26N2O6. The van der Waals surface area contributed by atoms with Crippen molar-refractivity contribution in [1.82, 2.24) is 9.88 Å². The van der Waals surface area contributed by atoms with Gasteiger partial charge in [0.1, 0.15) is 0 Å². The lowest BCUT2D eigenvalue weighted by Gasteiger charge is -2.17. The second kappa shape index (κ2) is 9.89. The van der Waals surface area contributed by atoms with Crippen molar-refractivity contribution in [2.75, 3.05) is 26.9 Å². The highest BCUT2D eigenvalue weighted by atomic mass is 16.5. The Labute approximate surface area is 163 Å². The van der Waals surface area contributed by atoms with Gasteiger partial charge in [0, 0.05) is 30.6 Å². The third kappa shape index (κ3) is 5.32. The predicted octanol–water partition coefficient (Wildman–Crippen LogP) is 2.45. The number of amides is 1. The summed E-state index contributed by atoms with van der Waals surface area (Å²) in [5.41, 5.74) is 2.28. The molecule has 1 amide bonds. The largest absolute Gasteiger partial charge is 0.459 e. The van der Waals surface area contributed by atoms with Gasteiger partial charge in [-0.1, -0.05) is 0 Å². The number of hydrogen-bond donors (Lipinski definition) is 1. The van der Waals surface area contributed by atoms with Crippen molar-refractivity contribution in [3.05, 3.63) is 47.2 Å². The molecule has 0 aromatic carbocycles. The number of carbonyl (C=O) groups excluding carboxylic acids is 3. The number of aryl methyl sites for hydroxylation is 1. The maximum absolute atomic E-state index is 12.4. The monoisotopic (exact) mass is 390 g/mol. The molecule has 0 spiro atoms. The average Bonchev–Trinajstić information content (AvgIpc) is 3.28. The van der Waals surface area contributed by atoms with E-state index in [-0.39, 0.29) is 37.2 Å². The van der Waals surface area contributed by atoms with E-state index in [1.165, 1.54) is 12.3 Å². The minimum Gasteiger partial charge on any atom is -0.459 e. The van der Waals surface area contributed by atoms with Crippen LogP contribution >= 0.6 is 0 Å². The summed E-state index contributed by atoms with van der Waals surface area (Å²) >= 11 is 0. The third-order valence-electron chi connectivity index (χ3n) is 4.36. The summed E-state index contributed by atoms with van der Waals surface area (Å²) in [5.74, 6) is -1.07. The van der Waals surface area contributed by atoms with Crippen LogP contribution in [0.1, 0.15) is 51.7 Å². The fraction of sp³-hybridized carbons (Fsp3) is 0.450. The van der Waals surface area contributed by atoms with Gasteiger partial charge in [0.05, 0.1) is 25.3 Å². The highest BCUT2D eigenvalue weighted by Crippen LogP contribution is 2.21. The quantitative estimate of drug-likeness (QED) is 0.494. The Morgan fingerprint density at radius 2 is 2.04 bits per heavy atom. The molecule has 1 atom stereocenters. The Morgan fingerprint density at radius 1 is 1.29 bits per heavy atom. The van der Waals surface area contributed by atoms with Crippen molar-refractivity contribution in [3.63, 3.8) is 0 Å². The molecular weight excluding hydrogens is 364 g/mol. The van der Waals surface area contributed by atoms with Gasteiger partial charge in [0.15, 0.2) is 12.4 Å². The third-order valence-corrected chi connectivity index (χ3v) is 4.36. The Kier molecular flexibility index (Phi) is 7.57. The van der Waals surface area contributed by atoms with Crippen LogP contribution in [0.3, 0.4) is 0 Å². The number of carbonyl (C=O) groups is 3. The summed E-state index contributed by atoms with van der Waals surface area (Å²) in [7, 11) is 1.63. The van der Waals surface area contributed by atoms with Gasteiger partial charge in [0.2, 0.25) is 5.78 Å². The van der Waals surface area contributed by atoms with Crippen LogP contribution in [0.4, 0.5) is 0 Å². The molecule has 2 aromatic heterocycles. The smallest absolute Gasteiger partial charge is 0.308 e. The van der Waals surface area contributed by atoms with Gasteiger partial charge in [-0.2, -0.15) is 0 Å². The van der Waals surface area contributed by atoms with Gasteiger partial charge in [-0.05, 0) is 39.0 Å². The highest BCUT2D eigenvalue weighted by molar-refractivity contribution is 5.99. The predicted molar refractivity (Wildman–Crippen MR) is 101 cm³/mol. The number of furan rings is 1. The standard InChI is InChI=1S/C20H26N2O6/c1-13-10-16(15(3)22(13)14(2)11-26-4)17(23)12-28-19(24)7-8-21-20(25)18-6-5-9-27-18/h5-6,9-10,14H,7-8,11-12H2,1-4H3,(H,21,25)/t14-/m1/s1. The zero-order valence-corrected chi connectivity index (χ0v) is 16.6. The van der Waals surface area contributed by atoms with E-state index in [1.54, 1.807) is 19.2 Å². The van der Waals surface area contributed by atoms with Crippen molar-refractivity contribution in [1.29, 1.82) is 0 Å². The van der Waals surface area contributed by atoms with Gasteiger partial charge >= 0.3 is 5.97 Å². The number of ether oxygens (including phenoxy) is 2. The minimum absolute atomic E-state index is 0.0381. The van der Waals surface area contributed by atoms with E-state index in [1.807, 2.05) is 25.3 Å². The molecule has 152 valence electrons. The number of rotatable bonds is 10. The molecule has 0 saturated heterocycles. The lowest BCUT2D eigenvalue weighted by molar-refractivity contribution is -0.142. The zero-order chi connectivity index (χ0) is 20.7. The van der Waals surface area contributed by atoms with Crippen LogP contribution in [0.2, 0.25) is 0 Å². The maximum Gasteiger partial charge on any atom is 0.308 e. The van der Waals surface area contributed by atoms with E-state index in [0.29, 0.717) is 12.2 Å². The molecule has 0 aliphatic rings. The lowest BCUT2D eigenvalue weighted by Crippen LogP contribution is -2.26. The van der Waals surface area contributed by atoms with E-state index in [0.717, 1.165) is 11.4 Å². The molecule has 0 saturated carbocycles. The molecule has 0 aliphatic heterocycles. The number of nitrogens with zero attached hydrogens (tertiary/aromatic N) is 1. The summed E-state index contributed by atoms with van der Waals surface area (Å²) < 4.78 is 17.2. The summed E-state index contributed by atoms with van der Waals surface area (Å²) in [4.78, 5) is 36.0. The topological polar surface area (TPSA) is 99.8 Å². The first-order chi connectivity index (χ1) is 13.3. The first kappa shape index (κ1) is 21.4. The van der Waals surface area contributed by atoms with Crippen LogP contribution < -0.4 is 5.32 Å². The van der Waals surface area contributed by atoms with Gasteiger partial charge < -0.3 is 23.8 Å². The second-order valence-corrected chi connectivity index (χ2v) is 6.53. The highest BCUT2D eigenvalue weighted by Gasteiger charge is 2.20. The average molecular weight is 390 g/mol. The molecule has 8 nitrogen and oxygen atoms in total. The second-order valence-electron chi connectivity index (χ2n) is 6.53. The van der Waals surface area contributed by atoms with Gasteiger partial charge in [-0.15, -0.1) is 0 Å². The fourth-order valence-corrected chi connectivity index (χ4v) is 3.12. The fourth-order valence-electron chi connectivity index (χ4n) is 3.12. The molecule has 1 N–H and O–H groups in total. The lowest BCUT2D eigenvalue weighted by atomic mass is 10.1. The van der Waals surface area contributed by atoms with Crippen molar-refractivity contribution >= 4 is 17.7 Å². The molecule has 2 aromatic rings. The number of nitrogens with one attached hydrogen (secondary N) is 1. The first-order valence-corrected chi connectivity index (χ1v) is 9.03. The Balaban J connectivity index is 1.82. The van der Waals surface area contributed by atoms with Gasteiger partial charge in [0.25, 0.3) is 5.91 Å². The van der Waals surface area contributed by atoms with Gasteiger partial charge in [-0.25, -0.2) is 0 Å². The number of hydrogen-bond acceptors (Lipinski definition) is 6. The number of ketones is 1. The summed E-state index contributed by atoms with van der Waals surface area (Å²) in [5, 5.41) is 2.55. The van der Waals surface area contributed by atoms with E-state index in [9.17, 15) is 14.4 Å². The Hall–Kier alpha value is -2.87. The molecule has 0 radical (unpaired) electrons. The number of methoxy groups -OCH3 is 1. The van der Waals surface area contributed by atoms with Crippen molar-refractivity contribution in [3.8, 4) is 0 Å². The van der Waals surface area contributed by atoms with Crippen molar-refractivity contribution in [2.45, 2.75) is 33.2 Å². The zero-order valence-electron chi connectivity index (χ0n) is 16.6. The molecule has 0 unspecified atom stereocenters. The van der Waals surface area contributed by atoms with Crippen LogP contribution in [0, 0.1) is 13.8 Å². The molecule has 2 heterocycles. The summed E-state index contributed by atoms with van der Waals surface area (Å²) in [6.07, 6.45) is 1.35. The molecule has 0 aliphatic carbocycles. The van der Waals surface area contributed by atoms with E-state index in [4.69, 9.17) is 13.9 Å². The summed E-state index contributed by atoms with van der Waals surface area (Å²) in [6, 6.07) is 5.01. The minimum atomic E-state index is -0.561. The Morgan fingerprint density at radius 3 is 2.68 bits per heavy atom.